The number of hydrogen-bond acceptors (Lipinski definition) is 1. The van der Waals surface area contributed by atoms with E-state index in [0.29, 0.717) is 0 Å². The number of benzene rings is 2. The van der Waals surface area contributed by atoms with Gasteiger partial charge in [0, 0.05) is 13.0 Å². The second kappa shape index (κ2) is 6.78. The van der Waals surface area contributed by atoms with E-state index in [1.807, 2.05) is 6.07 Å². The van der Waals surface area contributed by atoms with Gasteiger partial charge >= 0.3 is 0 Å². The van der Waals surface area contributed by atoms with Crippen LogP contribution in [0.3, 0.4) is 0 Å². The molecule has 1 atom stereocenters. The third-order valence-electron chi connectivity index (χ3n) is 3.25. The van der Waals surface area contributed by atoms with Gasteiger partial charge in [-0.25, -0.2) is 0 Å². The quantitative estimate of drug-likeness (QED) is 0.629. The van der Waals surface area contributed by atoms with Crippen molar-refractivity contribution in [1.82, 2.24) is 5.32 Å². The summed E-state index contributed by atoms with van der Waals surface area (Å²) < 4.78 is 0. The first-order chi connectivity index (χ1) is 9.33. The van der Waals surface area contributed by atoms with Gasteiger partial charge in [0.15, 0.2) is 0 Å². The molecule has 0 aliphatic carbocycles. The van der Waals surface area contributed by atoms with Gasteiger partial charge in [-0.2, -0.15) is 0 Å². The van der Waals surface area contributed by atoms with Gasteiger partial charge < -0.3 is 5.32 Å². The molecule has 0 aliphatic rings. The molecule has 0 saturated carbocycles. The highest BCUT2D eigenvalue weighted by Gasteiger charge is 2.14. The van der Waals surface area contributed by atoms with Crippen molar-refractivity contribution >= 4 is 0 Å². The van der Waals surface area contributed by atoms with Gasteiger partial charge in [0.2, 0.25) is 0 Å². The number of aryl methyl sites for hydroxylation is 1. The van der Waals surface area contributed by atoms with E-state index in [4.69, 9.17) is 6.42 Å². The molecule has 1 heteroatoms. The third-order valence-corrected chi connectivity index (χ3v) is 3.25. The lowest BCUT2D eigenvalue weighted by Crippen LogP contribution is -2.24. The zero-order valence-corrected chi connectivity index (χ0v) is 11.3. The summed E-state index contributed by atoms with van der Waals surface area (Å²) in [6, 6.07) is 19.2. The summed E-state index contributed by atoms with van der Waals surface area (Å²) in [6.45, 7) is 2.97. The number of terminal acetylenes is 1. The van der Waals surface area contributed by atoms with Crippen LogP contribution in [0, 0.1) is 19.3 Å². The van der Waals surface area contributed by atoms with E-state index in [0.717, 1.165) is 13.0 Å². The van der Waals surface area contributed by atoms with Crippen LogP contribution in [0.25, 0.3) is 0 Å². The molecule has 0 aromatic heterocycles. The molecular formula is C18H19N. The standard InChI is InChI=1S/C18H19N/c1-3-4-14-19-18(16-11-6-5-7-12-16)17-13-9-8-10-15(17)2/h1,5-13,18-19H,4,14H2,2H3. The van der Waals surface area contributed by atoms with E-state index in [2.05, 4.69) is 66.7 Å². The molecule has 0 bridgehead atoms. The Morgan fingerprint density at radius 2 is 1.74 bits per heavy atom. The molecule has 2 rings (SSSR count). The summed E-state index contributed by atoms with van der Waals surface area (Å²) in [5.41, 5.74) is 3.88. The Hall–Kier alpha value is -2.04. The lowest BCUT2D eigenvalue weighted by Gasteiger charge is -2.21. The lowest BCUT2D eigenvalue weighted by atomic mass is 9.95. The van der Waals surface area contributed by atoms with E-state index in [1.54, 1.807) is 0 Å². The molecule has 0 heterocycles. The van der Waals surface area contributed by atoms with Crippen LogP contribution >= 0.6 is 0 Å². The van der Waals surface area contributed by atoms with Gasteiger partial charge in [0.1, 0.15) is 0 Å². The lowest BCUT2D eigenvalue weighted by molar-refractivity contribution is 0.612. The summed E-state index contributed by atoms with van der Waals surface area (Å²) in [5, 5.41) is 3.55. The number of rotatable bonds is 5. The molecule has 1 unspecified atom stereocenters. The fraction of sp³-hybridized carbons (Fsp3) is 0.222. The van der Waals surface area contributed by atoms with Gasteiger partial charge in [-0.05, 0) is 23.6 Å². The highest BCUT2D eigenvalue weighted by molar-refractivity contribution is 5.36. The van der Waals surface area contributed by atoms with Crippen LogP contribution in [0.2, 0.25) is 0 Å². The average Bonchev–Trinajstić information content (AvgIpc) is 2.46. The molecule has 96 valence electrons. The first kappa shape index (κ1) is 13.4. The normalized spacial score (nSPS) is 11.8. The van der Waals surface area contributed by atoms with E-state index < -0.39 is 0 Å². The Labute approximate surface area is 115 Å². The van der Waals surface area contributed by atoms with Crippen molar-refractivity contribution in [1.29, 1.82) is 0 Å². The molecule has 2 aromatic rings. The smallest absolute Gasteiger partial charge is 0.0579 e. The molecule has 19 heavy (non-hydrogen) atoms. The van der Waals surface area contributed by atoms with E-state index >= 15 is 0 Å². The third kappa shape index (κ3) is 3.47. The molecule has 0 fully saturated rings. The maximum Gasteiger partial charge on any atom is 0.0579 e. The van der Waals surface area contributed by atoms with Crippen LogP contribution in [-0.4, -0.2) is 6.54 Å². The Balaban J connectivity index is 2.30. The predicted molar refractivity (Wildman–Crippen MR) is 80.9 cm³/mol. The summed E-state index contributed by atoms with van der Waals surface area (Å²) in [7, 11) is 0. The van der Waals surface area contributed by atoms with Gasteiger partial charge in [-0.15, -0.1) is 12.3 Å². The molecule has 2 aromatic carbocycles. The van der Waals surface area contributed by atoms with Gasteiger partial charge in [0.05, 0.1) is 6.04 Å². The molecule has 0 aliphatic heterocycles. The van der Waals surface area contributed by atoms with Crippen LogP contribution in [0.15, 0.2) is 54.6 Å². The first-order valence-electron chi connectivity index (χ1n) is 6.60. The van der Waals surface area contributed by atoms with Crippen LogP contribution in [0.1, 0.15) is 29.2 Å². The molecular weight excluding hydrogens is 230 g/mol. The van der Waals surface area contributed by atoms with Crippen molar-refractivity contribution in [3.63, 3.8) is 0 Å². The van der Waals surface area contributed by atoms with Crippen molar-refractivity contribution in [2.24, 2.45) is 0 Å². The second-order valence-corrected chi connectivity index (χ2v) is 4.61. The highest BCUT2D eigenvalue weighted by atomic mass is 14.9. The zero-order chi connectivity index (χ0) is 13.5. The Bertz CT molecular complexity index is 551. The molecule has 1 nitrogen and oxygen atoms in total. The van der Waals surface area contributed by atoms with Crippen LogP contribution in [0.4, 0.5) is 0 Å². The van der Waals surface area contributed by atoms with Crippen LogP contribution < -0.4 is 5.32 Å². The summed E-state index contributed by atoms with van der Waals surface area (Å²) in [5.74, 6) is 2.68. The van der Waals surface area contributed by atoms with Crippen molar-refractivity contribution < 1.29 is 0 Å². The zero-order valence-electron chi connectivity index (χ0n) is 11.3. The van der Waals surface area contributed by atoms with Crippen LogP contribution in [0.5, 0.6) is 0 Å². The highest BCUT2D eigenvalue weighted by Crippen LogP contribution is 2.24. The van der Waals surface area contributed by atoms with Crippen molar-refractivity contribution in [3.8, 4) is 12.3 Å². The number of hydrogen-bond donors (Lipinski definition) is 1. The summed E-state index contributed by atoms with van der Waals surface area (Å²) in [4.78, 5) is 0. The van der Waals surface area contributed by atoms with Gasteiger partial charge in [-0.1, -0.05) is 54.6 Å². The average molecular weight is 249 g/mol. The van der Waals surface area contributed by atoms with Crippen molar-refractivity contribution in [2.75, 3.05) is 6.54 Å². The minimum Gasteiger partial charge on any atom is -0.305 e. The summed E-state index contributed by atoms with van der Waals surface area (Å²) in [6.07, 6.45) is 6.08. The van der Waals surface area contributed by atoms with Crippen LogP contribution in [-0.2, 0) is 0 Å². The fourth-order valence-corrected chi connectivity index (χ4v) is 2.25. The van der Waals surface area contributed by atoms with E-state index in [1.165, 1.54) is 16.7 Å². The van der Waals surface area contributed by atoms with Crippen molar-refractivity contribution in [3.05, 3.63) is 71.3 Å². The van der Waals surface area contributed by atoms with E-state index in [-0.39, 0.29) is 6.04 Å². The monoisotopic (exact) mass is 249 g/mol. The van der Waals surface area contributed by atoms with Gasteiger partial charge in [0.25, 0.3) is 0 Å². The summed E-state index contributed by atoms with van der Waals surface area (Å²) >= 11 is 0. The Morgan fingerprint density at radius 3 is 2.42 bits per heavy atom. The minimum atomic E-state index is 0.204. The first-order valence-corrected chi connectivity index (χ1v) is 6.60. The Morgan fingerprint density at radius 1 is 1.05 bits per heavy atom. The number of nitrogens with one attached hydrogen (secondary N) is 1. The SMILES string of the molecule is C#CCCNC(c1ccccc1)c1ccccc1C. The topological polar surface area (TPSA) is 12.0 Å². The maximum atomic E-state index is 5.33. The molecule has 1 N–H and O–H groups in total. The van der Waals surface area contributed by atoms with Gasteiger partial charge in [-0.3, -0.25) is 0 Å². The maximum absolute atomic E-state index is 5.33. The van der Waals surface area contributed by atoms with E-state index in [9.17, 15) is 0 Å². The second-order valence-electron chi connectivity index (χ2n) is 4.61. The largest absolute Gasteiger partial charge is 0.305 e. The molecule has 0 amide bonds. The fourth-order valence-electron chi connectivity index (χ4n) is 2.25. The molecule has 0 radical (unpaired) electrons. The van der Waals surface area contributed by atoms with Crippen molar-refractivity contribution in [2.45, 2.75) is 19.4 Å². The minimum absolute atomic E-state index is 0.204. The molecule has 0 saturated heterocycles. The Kier molecular flexibility index (Phi) is 4.78. The predicted octanol–water partition coefficient (Wildman–Crippen LogP) is 3.70. The molecule has 0 spiro atoms.